The van der Waals surface area contributed by atoms with Crippen molar-refractivity contribution in [1.29, 1.82) is 0 Å². The monoisotopic (exact) mass is 335 g/mol. The van der Waals surface area contributed by atoms with Gasteiger partial charge in [0.15, 0.2) is 0 Å². The maximum atomic E-state index is 12.3. The standard InChI is InChI=1S/C20H21N3O2/c1-4-15-6-5-7-18(12-15)23-19(24)17-10-8-16(9-11-17)13-21-20(25)22-14(2)3/h1,5-12,14H,13H2,2-3H3,(H,23,24)(H2,21,22,25). The fraction of sp³-hybridized carbons (Fsp3) is 0.200. The van der Waals surface area contributed by atoms with E-state index in [2.05, 4.69) is 21.9 Å². The molecular weight excluding hydrogens is 314 g/mol. The number of nitrogens with one attached hydrogen (secondary N) is 3. The average Bonchev–Trinajstić information content (AvgIpc) is 2.60. The molecule has 128 valence electrons. The normalized spacial score (nSPS) is 10.0. The predicted molar refractivity (Wildman–Crippen MR) is 99.3 cm³/mol. The van der Waals surface area contributed by atoms with Crippen LogP contribution in [0.15, 0.2) is 48.5 Å². The number of anilines is 1. The van der Waals surface area contributed by atoms with Crippen LogP contribution in [-0.4, -0.2) is 18.0 Å². The first-order valence-corrected chi connectivity index (χ1v) is 7.99. The summed E-state index contributed by atoms with van der Waals surface area (Å²) in [4.78, 5) is 23.8. The van der Waals surface area contributed by atoms with Gasteiger partial charge in [0.25, 0.3) is 5.91 Å². The highest BCUT2D eigenvalue weighted by Gasteiger charge is 2.07. The fourth-order valence-electron chi connectivity index (χ4n) is 2.16. The Balaban J connectivity index is 1.93. The van der Waals surface area contributed by atoms with Gasteiger partial charge in [-0.2, -0.15) is 0 Å². The van der Waals surface area contributed by atoms with Gasteiger partial charge >= 0.3 is 6.03 Å². The third-order valence-corrected chi connectivity index (χ3v) is 3.38. The van der Waals surface area contributed by atoms with E-state index < -0.39 is 0 Å². The van der Waals surface area contributed by atoms with Crippen molar-refractivity contribution in [1.82, 2.24) is 10.6 Å². The van der Waals surface area contributed by atoms with Crippen molar-refractivity contribution in [3.05, 3.63) is 65.2 Å². The molecule has 0 bridgehead atoms. The lowest BCUT2D eigenvalue weighted by Crippen LogP contribution is -2.39. The minimum atomic E-state index is -0.217. The lowest BCUT2D eigenvalue weighted by atomic mass is 10.1. The van der Waals surface area contributed by atoms with Crippen LogP contribution in [0.25, 0.3) is 0 Å². The van der Waals surface area contributed by atoms with Crippen LogP contribution in [0.4, 0.5) is 10.5 Å². The molecule has 0 aliphatic carbocycles. The van der Waals surface area contributed by atoms with E-state index in [0.29, 0.717) is 23.4 Å². The summed E-state index contributed by atoms with van der Waals surface area (Å²) in [6.45, 7) is 4.18. The van der Waals surface area contributed by atoms with Crippen molar-refractivity contribution in [3.8, 4) is 12.3 Å². The third-order valence-electron chi connectivity index (χ3n) is 3.38. The van der Waals surface area contributed by atoms with E-state index in [1.165, 1.54) is 0 Å². The maximum Gasteiger partial charge on any atom is 0.315 e. The second kappa shape index (κ2) is 8.55. The van der Waals surface area contributed by atoms with Gasteiger partial charge in [0.05, 0.1) is 0 Å². The number of rotatable bonds is 5. The van der Waals surface area contributed by atoms with Crippen molar-refractivity contribution in [3.63, 3.8) is 0 Å². The molecule has 3 amide bonds. The van der Waals surface area contributed by atoms with Crippen LogP contribution in [0.5, 0.6) is 0 Å². The Morgan fingerprint density at radius 1 is 1.12 bits per heavy atom. The van der Waals surface area contributed by atoms with Gasteiger partial charge < -0.3 is 16.0 Å². The Morgan fingerprint density at radius 3 is 2.48 bits per heavy atom. The zero-order valence-corrected chi connectivity index (χ0v) is 14.3. The van der Waals surface area contributed by atoms with Gasteiger partial charge in [-0.15, -0.1) is 6.42 Å². The molecule has 0 fully saturated rings. The fourth-order valence-corrected chi connectivity index (χ4v) is 2.16. The molecule has 0 aliphatic rings. The molecule has 2 rings (SSSR count). The Kier molecular flexibility index (Phi) is 6.19. The van der Waals surface area contributed by atoms with Crippen molar-refractivity contribution in [2.75, 3.05) is 5.32 Å². The highest BCUT2D eigenvalue weighted by atomic mass is 16.2. The van der Waals surface area contributed by atoms with Crippen molar-refractivity contribution in [2.45, 2.75) is 26.4 Å². The number of urea groups is 1. The minimum Gasteiger partial charge on any atom is -0.336 e. The summed E-state index contributed by atoms with van der Waals surface area (Å²) in [6.07, 6.45) is 5.36. The molecule has 2 aromatic rings. The lowest BCUT2D eigenvalue weighted by molar-refractivity contribution is 0.102. The summed E-state index contributed by atoms with van der Waals surface area (Å²) in [5.41, 5.74) is 2.79. The maximum absolute atomic E-state index is 12.3. The Hall–Kier alpha value is -3.26. The Labute approximate surface area is 147 Å². The van der Waals surface area contributed by atoms with Gasteiger partial charge in [0, 0.05) is 29.4 Å². The molecule has 0 radical (unpaired) electrons. The van der Waals surface area contributed by atoms with E-state index in [4.69, 9.17) is 6.42 Å². The number of hydrogen-bond acceptors (Lipinski definition) is 2. The molecule has 5 heteroatoms. The number of amides is 3. The van der Waals surface area contributed by atoms with Crippen LogP contribution in [0.3, 0.4) is 0 Å². The van der Waals surface area contributed by atoms with E-state index in [9.17, 15) is 9.59 Å². The summed E-state index contributed by atoms with van der Waals surface area (Å²) >= 11 is 0. The van der Waals surface area contributed by atoms with E-state index in [0.717, 1.165) is 5.56 Å². The molecular formula is C20H21N3O2. The molecule has 5 nitrogen and oxygen atoms in total. The van der Waals surface area contributed by atoms with Gasteiger partial charge in [0.2, 0.25) is 0 Å². The number of hydrogen-bond donors (Lipinski definition) is 3. The molecule has 0 spiro atoms. The molecule has 0 aliphatic heterocycles. The molecule has 0 atom stereocenters. The largest absolute Gasteiger partial charge is 0.336 e. The number of carbonyl (C=O) groups excluding carboxylic acids is 2. The van der Waals surface area contributed by atoms with Crippen LogP contribution in [0, 0.1) is 12.3 Å². The van der Waals surface area contributed by atoms with Gasteiger partial charge in [0.1, 0.15) is 0 Å². The van der Waals surface area contributed by atoms with E-state index in [1.54, 1.807) is 36.4 Å². The van der Waals surface area contributed by atoms with Crippen LogP contribution in [-0.2, 0) is 6.54 Å². The molecule has 3 N–H and O–H groups in total. The molecule has 0 unspecified atom stereocenters. The Bertz CT molecular complexity index is 789. The molecule has 0 aromatic heterocycles. The third kappa shape index (κ3) is 5.70. The minimum absolute atomic E-state index is 0.0824. The number of terminal acetylenes is 1. The van der Waals surface area contributed by atoms with Crippen LogP contribution >= 0.6 is 0 Å². The quantitative estimate of drug-likeness (QED) is 0.735. The van der Waals surface area contributed by atoms with Gasteiger partial charge in [-0.05, 0) is 49.7 Å². The van der Waals surface area contributed by atoms with Crippen molar-refractivity contribution < 1.29 is 9.59 Å². The van der Waals surface area contributed by atoms with E-state index in [-0.39, 0.29) is 18.0 Å². The van der Waals surface area contributed by atoms with Crippen molar-refractivity contribution >= 4 is 17.6 Å². The SMILES string of the molecule is C#Cc1cccc(NC(=O)c2ccc(CNC(=O)NC(C)C)cc2)c1. The lowest BCUT2D eigenvalue weighted by Gasteiger charge is -2.10. The summed E-state index contributed by atoms with van der Waals surface area (Å²) < 4.78 is 0. The summed E-state index contributed by atoms with van der Waals surface area (Å²) in [6, 6.07) is 14.0. The molecule has 0 saturated heterocycles. The van der Waals surface area contributed by atoms with Gasteiger partial charge in [-0.25, -0.2) is 4.79 Å². The Morgan fingerprint density at radius 2 is 1.84 bits per heavy atom. The van der Waals surface area contributed by atoms with Crippen LogP contribution in [0.1, 0.15) is 35.3 Å². The first-order valence-electron chi connectivity index (χ1n) is 7.99. The van der Waals surface area contributed by atoms with Crippen LogP contribution < -0.4 is 16.0 Å². The highest BCUT2D eigenvalue weighted by molar-refractivity contribution is 6.04. The highest BCUT2D eigenvalue weighted by Crippen LogP contribution is 2.12. The van der Waals surface area contributed by atoms with Gasteiger partial charge in [-0.1, -0.05) is 24.1 Å². The second-order valence-electron chi connectivity index (χ2n) is 5.86. The topological polar surface area (TPSA) is 70.2 Å². The number of benzene rings is 2. The molecule has 0 heterocycles. The summed E-state index contributed by atoms with van der Waals surface area (Å²) in [7, 11) is 0. The second-order valence-corrected chi connectivity index (χ2v) is 5.86. The summed E-state index contributed by atoms with van der Waals surface area (Å²) in [5.74, 6) is 2.32. The molecule has 0 saturated carbocycles. The first kappa shape index (κ1) is 18.1. The average molecular weight is 335 g/mol. The summed E-state index contributed by atoms with van der Waals surface area (Å²) in [5, 5.41) is 8.32. The van der Waals surface area contributed by atoms with E-state index in [1.807, 2.05) is 26.0 Å². The smallest absolute Gasteiger partial charge is 0.315 e. The zero-order chi connectivity index (χ0) is 18.2. The van der Waals surface area contributed by atoms with Gasteiger partial charge in [-0.3, -0.25) is 4.79 Å². The van der Waals surface area contributed by atoms with Crippen molar-refractivity contribution in [2.24, 2.45) is 0 Å². The first-order chi connectivity index (χ1) is 12.0. The molecule has 2 aromatic carbocycles. The van der Waals surface area contributed by atoms with E-state index >= 15 is 0 Å². The predicted octanol–water partition coefficient (Wildman–Crippen LogP) is 3.13. The molecule has 25 heavy (non-hydrogen) atoms. The van der Waals surface area contributed by atoms with Crippen LogP contribution in [0.2, 0.25) is 0 Å². The number of carbonyl (C=O) groups is 2. The zero-order valence-electron chi connectivity index (χ0n) is 14.3.